The lowest BCUT2D eigenvalue weighted by molar-refractivity contribution is 0.202. The van der Waals surface area contributed by atoms with Crippen molar-refractivity contribution in [1.29, 1.82) is 0 Å². The van der Waals surface area contributed by atoms with Crippen molar-refractivity contribution in [3.05, 3.63) is 46.2 Å². The molecule has 3 aromatic rings. The van der Waals surface area contributed by atoms with Crippen LogP contribution in [0.4, 0.5) is 0 Å². The monoisotopic (exact) mass is 365 g/mol. The smallest absolute Gasteiger partial charge is 0.264 e. The summed E-state index contributed by atoms with van der Waals surface area (Å²) in [6.07, 6.45) is 10.00. The zero-order valence-corrected chi connectivity index (χ0v) is 15.5. The quantitative estimate of drug-likeness (QED) is 0.704. The Hall–Kier alpha value is -2.61. The van der Waals surface area contributed by atoms with Crippen molar-refractivity contribution in [3.8, 4) is 0 Å². The van der Waals surface area contributed by atoms with Crippen molar-refractivity contribution >= 4 is 11.0 Å². The number of aryl methyl sites for hydroxylation is 1. The number of aromatic nitrogens is 6. The maximum absolute atomic E-state index is 12.9. The lowest BCUT2D eigenvalue weighted by Crippen LogP contribution is -2.40. The van der Waals surface area contributed by atoms with E-state index in [2.05, 4.69) is 20.0 Å². The first-order valence-corrected chi connectivity index (χ1v) is 9.66. The van der Waals surface area contributed by atoms with Gasteiger partial charge in [-0.3, -0.25) is 24.2 Å². The molecule has 0 unspecified atom stereocenters. The standard InChI is InChI=1S/C19H23N7O/c1-13-8-21-14(9-20-13)11-24-6-7-25-17(12-24)23-18-16(19(25)27)10-22-26(18)15-4-2-3-5-15/h8-10,15H,2-7,11-12H2,1H3. The summed E-state index contributed by atoms with van der Waals surface area (Å²) in [4.78, 5) is 28.8. The molecule has 4 heterocycles. The molecule has 5 rings (SSSR count). The highest BCUT2D eigenvalue weighted by Gasteiger charge is 2.25. The Morgan fingerprint density at radius 2 is 1.96 bits per heavy atom. The Balaban J connectivity index is 1.47. The van der Waals surface area contributed by atoms with Crippen LogP contribution in [0, 0.1) is 6.92 Å². The molecule has 1 aliphatic carbocycles. The van der Waals surface area contributed by atoms with Gasteiger partial charge in [0.25, 0.3) is 5.56 Å². The summed E-state index contributed by atoms with van der Waals surface area (Å²) >= 11 is 0. The van der Waals surface area contributed by atoms with Crippen LogP contribution in [0.2, 0.25) is 0 Å². The second kappa shape index (κ2) is 6.53. The van der Waals surface area contributed by atoms with Crippen LogP contribution in [0.1, 0.15) is 48.9 Å². The van der Waals surface area contributed by atoms with E-state index in [9.17, 15) is 4.79 Å². The average molecular weight is 365 g/mol. The highest BCUT2D eigenvalue weighted by Crippen LogP contribution is 2.30. The fourth-order valence-electron chi connectivity index (χ4n) is 4.22. The van der Waals surface area contributed by atoms with Crippen LogP contribution in [0.3, 0.4) is 0 Å². The van der Waals surface area contributed by atoms with Crippen molar-refractivity contribution in [2.45, 2.75) is 58.3 Å². The van der Waals surface area contributed by atoms with Gasteiger partial charge in [0.1, 0.15) is 11.2 Å². The number of nitrogens with zero attached hydrogens (tertiary/aromatic N) is 7. The maximum atomic E-state index is 12.9. The van der Waals surface area contributed by atoms with Gasteiger partial charge in [0.05, 0.1) is 30.2 Å². The minimum absolute atomic E-state index is 0.0361. The summed E-state index contributed by atoms with van der Waals surface area (Å²) in [5.41, 5.74) is 2.64. The molecule has 0 aromatic carbocycles. The van der Waals surface area contributed by atoms with E-state index in [1.165, 1.54) is 12.8 Å². The minimum atomic E-state index is 0.0361. The second-order valence-corrected chi connectivity index (χ2v) is 7.61. The van der Waals surface area contributed by atoms with Crippen LogP contribution >= 0.6 is 0 Å². The number of rotatable bonds is 3. The van der Waals surface area contributed by atoms with Gasteiger partial charge >= 0.3 is 0 Å². The van der Waals surface area contributed by atoms with Crippen molar-refractivity contribution < 1.29 is 0 Å². The van der Waals surface area contributed by atoms with E-state index < -0.39 is 0 Å². The third kappa shape index (κ3) is 2.93. The molecule has 0 saturated heterocycles. The van der Waals surface area contributed by atoms with Gasteiger partial charge < -0.3 is 0 Å². The molecule has 0 radical (unpaired) electrons. The van der Waals surface area contributed by atoms with Crippen LogP contribution in [0.25, 0.3) is 11.0 Å². The summed E-state index contributed by atoms with van der Waals surface area (Å²) in [6, 6.07) is 0.375. The fourth-order valence-corrected chi connectivity index (χ4v) is 4.22. The molecule has 1 aliphatic heterocycles. The first-order chi connectivity index (χ1) is 13.2. The van der Waals surface area contributed by atoms with Crippen molar-refractivity contribution in [1.82, 2.24) is 34.2 Å². The van der Waals surface area contributed by atoms with E-state index in [4.69, 9.17) is 4.98 Å². The minimum Gasteiger partial charge on any atom is -0.294 e. The third-order valence-electron chi connectivity index (χ3n) is 5.69. The summed E-state index contributed by atoms with van der Waals surface area (Å²) < 4.78 is 3.79. The zero-order chi connectivity index (χ0) is 18.4. The van der Waals surface area contributed by atoms with E-state index in [0.29, 0.717) is 31.1 Å². The molecule has 3 aromatic heterocycles. The molecular weight excluding hydrogens is 342 g/mol. The van der Waals surface area contributed by atoms with Crippen molar-refractivity contribution in [2.24, 2.45) is 0 Å². The second-order valence-electron chi connectivity index (χ2n) is 7.61. The van der Waals surface area contributed by atoms with Gasteiger partial charge in [-0.15, -0.1) is 0 Å². The van der Waals surface area contributed by atoms with E-state index in [1.807, 2.05) is 17.8 Å². The van der Waals surface area contributed by atoms with Crippen LogP contribution in [-0.4, -0.2) is 40.7 Å². The Kier molecular flexibility index (Phi) is 4.00. The molecule has 0 spiro atoms. The SMILES string of the molecule is Cc1cnc(CN2CCn3c(nc4c(cnn4C4CCCC4)c3=O)C2)cn1. The lowest BCUT2D eigenvalue weighted by atomic mass is 10.2. The van der Waals surface area contributed by atoms with Crippen LogP contribution in [-0.2, 0) is 19.6 Å². The summed E-state index contributed by atoms with van der Waals surface area (Å²) in [5, 5.41) is 5.16. The van der Waals surface area contributed by atoms with Gasteiger partial charge in [0.15, 0.2) is 5.65 Å². The Bertz CT molecular complexity index is 1030. The Morgan fingerprint density at radius 1 is 1.11 bits per heavy atom. The molecule has 1 fully saturated rings. The fraction of sp³-hybridized carbons (Fsp3) is 0.526. The molecule has 1 saturated carbocycles. The van der Waals surface area contributed by atoms with Gasteiger partial charge in [0.2, 0.25) is 0 Å². The predicted molar refractivity (Wildman–Crippen MR) is 100 cm³/mol. The molecule has 0 N–H and O–H groups in total. The first-order valence-electron chi connectivity index (χ1n) is 9.66. The van der Waals surface area contributed by atoms with Gasteiger partial charge in [-0.05, 0) is 19.8 Å². The number of hydrogen-bond acceptors (Lipinski definition) is 6. The van der Waals surface area contributed by atoms with Crippen LogP contribution < -0.4 is 5.56 Å². The van der Waals surface area contributed by atoms with Gasteiger partial charge in [-0.25, -0.2) is 9.67 Å². The maximum Gasteiger partial charge on any atom is 0.264 e. The summed E-state index contributed by atoms with van der Waals surface area (Å²) in [5.74, 6) is 0.818. The topological polar surface area (TPSA) is 81.7 Å². The largest absolute Gasteiger partial charge is 0.294 e. The molecule has 140 valence electrons. The van der Waals surface area contributed by atoms with Crippen LogP contribution in [0.15, 0.2) is 23.4 Å². The third-order valence-corrected chi connectivity index (χ3v) is 5.69. The number of fused-ring (bicyclic) bond motifs is 2. The molecule has 0 bridgehead atoms. The Labute approximate surface area is 156 Å². The zero-order valence-electron chi connectivity index (χ0n) is 15.5. The molecule has 27 heavy (non-hydrogen) atoms. The molecular formula is C19H23N7O. The lowest BCUT2D eigenvalue weighted by Gasteiger charge is -2.28. The van der Waals surface area contributed by atoms with E-state index in [1.54, 1.807) is 17.0 Å². The average Bonchev–Trinajstić information content (AvgIpc) is 3.33. The van der Waals surface area contributed by atoms with Crippen molar-refractivity contribution in [3.63, 3.8) is 0 Å². The highest BCUT2D eigenvalue weighted by molar-refractivity contribution is 5.73. The molecule has 0 amide bonds. The molecule has 0 atom stereocenters. The van der Waals surface area contributed by atoms with E-state index in [0.717, 1.165) is 42.2 Å². The summed E-state index contributed by atoms with van der Waals surface area (Å²) in [7, 11) is 0. The summed E-state index contributed by atoms with van der Waals surface area (Å²) in [6.45, 7) is 4.72. The molecule has 8 heteroatoms. The normalized spacial score (nSPS) is 18.3. The van der Waals surface area contributed by atoms with Crippen LogP contribution in [0.5, 0.6) is 0 Å². The first kappa shape index (κ1) is 16.6. The van der Waals surface area contributed by atoms with Gasteiger partial charge in [0, 0.05) is 32.0 Å². The predicted octanol–water partition coefficient (Wildman–Crippen LogP) is 1.82. The van der Waals surface area contributed by atoms with Gasteiger partial charge in [-0.2, -0.15) is 5.10 Å². The Morgan fingerprint density at radius 3 is 2.74 bits per heavy atom. The molecule has 8 nitrogen and oxygen atoms in total. The highest BCUT2D eigenvalue weighted by atomic mass is 16.1. The van der Waals surface area contributed by atoms with Gasteiger partial charge in [-0.1, -0.05) is 12.8 Å². The molecule has 2 aliphatic rings. The van der Waals surface area contributed by atoms with Crippen molar-refractivity contribution in [2.75, 3.05) is 6.54 Å². The van der Waals surface area contributed by atoms with E-state index in [-0.39, 0.29) is 5.56 Å². The number of hydrogen-bond donors (Lipinski definition) is 0. The van der Waals surface area contributed by atoms with E-state index >= 15 is 0 Å².